The summed E-state index contributed by atoms with van der Waals surface area (Å²) in [6, 6.07) is 5.39. The quantitative estimate of drug-likeness (QED) is 0.408. The molecule has 0 aromatic carbocycles. The topological polar surface area (TPSA) is 66.4 Å². The maximum Gasteiger partial charge on any atom is 0.250 e. The average molecular weight is 466 g/mol. The van der Waals surface area contributed by atoms with E-state index >= 15 is 0 Å². The number of nitrogens with zero attached hydrogens (tertiary/aromatic N) is 2. The first-order chi connectivity index (χ1) is 13.1. The second-order valence-corrected chi connectivity index (χ2v) is 10.4. The summed E-state index contributed by atoms with van der Waals surface area (Å²) < 4.78 is 0.0970. The van der Waals surface area contributed by atoms with Crippen molar-refractivity contribution in [3.8, 4) is 0 Å². The summed E-state index contributed by atoms with van der Waals surface area (Å²) >= 11 is 23.7. The number of aromatic nitrogens is 1. The molecule has 1 amide bonds. The van der Waals surface area contributed by atoms with Crippen LogP contribution >= 0.6 is 47.0 Å². The van der Waals surface area contributed by atoms with Gasteiger partial charge in [0.25, 0.3) is 5.56 Å². The minimum absolute atomic E-state index is 0.0361. The number of carbonyl (C=O) groups is 1. The minimum atomic E-state index is -1.76. The molecular formula is C18H23Cl3N4O2S. The number of fused-ring (bicyclic) bond motifs is 4. The van der Waals surface area contributed by atoms with Gasteiger partial charge >= 0.3 is 0 Å². The largest absolute Gasteiger partial charge is 0.348 e. The Labute approximate surface area is 184 Å². The van der Waals surface area contributed by atoms with Gasteiger partial charge in [-0.25, -0.2) is 0 Å². The first-order valence-electron chi connectivity index (χ1n) is 9.18. The molecule has 0 radical (unpaired) electrons. The van der Waals surface area contributed by atoms with Crippen LogP contribution in [0.2, 0.25) is 0 Å². The number of amides is 1. The average Bonchev–Trinajstić information content (AvgIpc) is 2.61. The summed E-state index contributed by atoms with van der Waals surface area (Å²) in [6.07, 6.45) is 0.0668. The molecule has 3 rings (SSSR count). The molecule has 10 heteroatoms. The summed E-state index contributed by atoms with van der Waals surface area (Å²) in [6.45, 7) is 5.55. The number of thiocarbonyl (C=S) groups is 1. The van der Waals surface area contributed by atoms with Gasteiger partial charge in [-0.2, -0.15) is 0 Å². The fourth-order valence-corrected chi connectivity index (χ4v) is 4.38. The smallest absolute Gasteiger partial charge is 0.250 e. The van der Waals surface area contributed by atoms with Crippen LogP contribution in [0.5, 0.6) is 0 Å². The Bertz CT molecular complexity index is 824. The van der Waals surface area contributed by atoms with Crippen molar-refractivity contribution in [1.82, 2.24) is 20.1 Å². The minimum Gasteiger partial charge on any atom is -0.348 e. The van der Waals surface area contributed by atoms with Gasteiger partial charge in [0.2, 0.25) is 9.70 Å². The predicted molar refractivity (Wildman–Crippen MR) is 116 cm³/mol. The second kappa shape index (κ2) is 8.38. The summed E-state index contributed by atoms with van der Waals surface area (Å²) in [4.78, 5) is 26.2. The third-order valence-electron chi connectivity index (χ3n) is 5.17. The van der Waals surface area contributed by atoms with Crippen LogP contribution in [0, 0.1) is 11.8 Å². The molecule has 2 aliphatic heterocycles. The lowest BCUT2D eigenvalue weighted by molar-refractivity contribution is -0.124. The van der Waals surface area contributed by atoms with Crippen molar-refractivity contribution in [1.29, 1.82) is 0 Å². The van der Waals surface area contributed by atoms with Crippen LogP contribution in [-0.2, 0) is 11.3 Å². The van der Waals surface area contributed by atoms with Crippen molar-refractivity contribution in [3.63, 3.8) is 0 Å². The standard InChI is InChI=1S/C18H23Cl3N4O2S/c1-10(2)15(27)22-16(18(19,20)21)23-17(28)24-7-11-6-12(9-24)13-4-3-5-14(26)25(13)8-11/h3-5,10-12,16H,6-9H2,1-2H3,(H,22,27)(H,23,28)/t11-,12+,16?/m0/s1. The highest BCUT2D eigenvalue weighted by atomic mass is 35.6. The number of halogens is 3. The number of pyridine rings is 1. The molecule has 0 aliphatic carbocycles. The zero-order valence-corrected chi connectivity index (χ0v) is 18.7. The van der Waals surface area contributed by atoms with Crippen LogP contribution in [-0.4, -0.2) is 43.5 Å². The Morgan fingerprint density at radius 1 is 1.21 bits per heavy atom. The van der Waals surface area contributed by atoms with E-state index < -0.39 is 9.96 Å². The van der Waals surface area contributed by atoms with Crippen molar-refractivity contribution in [2.75, 3.05) is 13.1 Å². The zero-order chi connectivity index (χ0) is 20.6. The SMILES string of the molecule is CC(C)C(=O)NC(NC(=S)N1C[C@@H]2C[C@H](C1)c1cccc(=O)n1C2)C(Cl)(Cl)Cl. The highest BCUT2D eigenvalue weighted by Crippen LogP contribution is 2.35. The molecule has 3 atom stereocenters. The highest BCUT2D eigenvalue weighted by Gasteiger charge is 2.39. The Hall–Kier alpha value is -1.02. The molecule has 1 aromatic heterocycles. The van der Waals surface area contributed by atoms with E-state index in [1.54, 1.807) is 26.0 Å². The Morgan fingerprint density at radius 3 is 2.57 bits per heavy atom. The van der Waals surface area contributed by atoms with Gasteiger partial charge < -0.3 is 20.1 Å². The van der Waals surface area contributed by atoms with Gasteiger partial charge in [-0.05, 0) is 30.6 Å². The van der Waals surface area contributed by atoms with Gasteiger partial charge in [0.15, 0.2) is 5.11 Å². The van der Waals surface area contributed by atoms with E-state index in [4.69, 9.17) is 47.0 Å². The number of piperidine rings is 1. The normalized spacial score (nSPS) is 22.4. The molecule has 3 heterocycles. The lowest BCUT2D eigenvalue weighted by Crippen LogP contribution is -2.60. The number of alkyl halides is 3. The summed E-state index contributed by atoms with van der Waals surface area (Å²) in [7, 11) is 0. The van der Waals surface area contributed by atoms with Gasteiger partial charge in [0.05, 0.1) is 0 Å². The molecule has 2 bridgehead atoms. The number of rotatable bonds is 3. The lowest BCUT2D eigenvalue weighted by Gasteiger charge is -2.44. The number of carbonyl (C=O) groups excluding carboxylic acids is 1. The molecule has 154 valence electrons. The lowest BCUT2D eigenvalue weighted by atomic mass is 9.83. The second-order valence-electron chi connectivity index (χ2n) is 7.69. The monoisotopic (exact) mass is 464 g/mol. The van der Waals surface area contributed by atoms with E-state index in [9.17, 15) is 9.59 Å². The molecule has 1 unspecified atom stereocenters. The van der Waals surface area contributed by atoms with Crippen molar-refractivity contribution < 1.29 is 4.79 Å². The summed E-state index contributed by atoms with van der Waals surface area (Å²) in [5.74, 6) is 0.0185. The fraction of sp³-hybridized carbons (Fsp3) is 0.611. The van der Waals surface area contributed by atoms with Crippen molar-refractivity contribution in [2.45, 2.75) is 42.7 Å². The molecular weight excluding hydrogens is 443 g/mol. The summed E-state index contributed by atoms with van der Waals surface area (Å²) in [5.41, 5.74) is 1.07. The molecule has 1 aromatic rings. The first-order valence-corrected chi connectivity index (χ1v) is 10.7. The predicted octanol–water partition coefficient (Wildman–Crippen LogP) is 2.61. The molecule has 1 fully saturated rings. The van der Waals surface area contributed by atoms with Gasteiger partial charge in [-0.15, -0.1) is 0 Å². The van der Waals surface area contributed by atoms with Gasteiger partial charge in [0.1, 0.15) is 6.17 Å². The third-order valence-corrected chi connectivity index (χ3v) is 6.20. The first kappa shape index (κ1) is 21.7. The number of nitrogens with one attached hydrogen (secondary N) is 2. The van der Waals surface area contributed by atoms with Crippen molar-refractivity contribution in [2.24, 2.45) is 11.8 Å². The maximum absolute atomic E-state index is 12.2. The van der Waals surface area contributed by atoms with E-state index in [2.05, 4.69) is 10.6 Å². The molecule has 2 N–H and O–H groups in total. The van der Waals surface area contributed by atoms with Gasteiger partial charge in [0, 0.05) is 43.2 Å². The Kier molecular flexibility index (Phi) is 6.49. The maximum atomic E-state index is 12.2. The van der Waals surface area contributed by atoms with E-state index in [1.165, 1.54) is 0 Å². The summed E-state index contributed by atoms with van der Waals surface area (Å²) in [5, 5.41) is 6.11. The van der Waals surface area contributed by atoms with Crippen LogP contribution in [0.3, 0.4) is 0 Å². The van der Waals surface area contributed by atoms with E-state index in [-0.39, 0.29) is 23.3 Å². The number of likely N-dealkylation sites (tertiary alicyclic amines) is 1. The van der Waals surface area contributed by atoms with Crippen LogP contribution < -0.4 is 16.2 Å². The molecule has 28 heavy (non-hydrogen) atoms. The zero-order valence-electron chi connectivity index (χ0n) is 15.6. The van der Waals surface area contributed by atoms with Gasteiger partial charge in [-0.3, -0.25) is 9.59 Å². The van der Waals surface area contributed by atoms with Crippen LogP contribution in [0.4, 0.5) is 0 Å². The van der Waals surface area contributed by atoms with Crippen LogP contribution in [0.1, 0.15) is 31.9 Å². The molecule has 6 nitrogen and oxygen atoms in total. The van der Waals surface area contributed by atoms with E-state index in [0.717, 1.165) is 12.1 Å². The fourth-order valence-electron chi connectivity index (χ4n) is 3.79. The van der Waals surface area contributed by atoms with Crippen molar-refractivity contribution in [3.05, 3.63) is 34.2 Å². The third kappa shape index (κ3) is 4.75. The molecule has 2 aliphatic rings. The highest BCUT2D eigenvalue weighted by molar-refractivity contribution is 7.80. The van der Waals surface area contributed by atoms with Crippen molar-refractivity contribution >= 4 is 58.0 Å². The Balaban J connectivity index is 1.73. The molecule has 0 spiro atoms. The number of hydrogen-bond donors (Lipinski definition) is 2. The Morgan fingerprint density at radius 2 is 1.93 bits per heavy atom. The molecule has 1 saturated heterocycles. The number of hydrogen-bond acceptors (Lipinski definition) is 3. The molecule has 0 saturated carbocycles. The van der Waals surface area contributed by atoms with Crippen LogP contribution in [0.15, 0.2) is 23.0 Å². The van der Waals surface area contributed by atoms with Gasteiger partial charge in [-0.1, -0.05) is 54.7 Å². The van der Waals surface area contributed by atoms with E-state index in [0.29, 0.717) is 30.7 Å². The van der Waals surface area contributed by atoms with Crippen LogP contribution in [0.25, 0.3) is 0 Å². The van der Waals surface area contributed by atoms with E-state index in [1.807, 2.05) is 15.5 Å².